The molecule has 0 spiro atoms. The van der Waals surface area contributed by atoms with Crippen LogP contribution in [0.3, 0.4) is 0 Å². The third kappa shape index (κ3) is 1.62. The molecule has 1 aromatic rings. The van der Waals surface area contributed by atoms with Gasteiger partial charge in [0.25, 0.3) is 0 Å². The average molecular weight is 208 g/mol. The number of allylic oxidation sites excluding steroid dienone is 1. The van der Waals surface area contributed by atoms with Gasteiger partial charge in [0, 0.05) is 11.5 Å². The van der Waals surface area contributed by atoms with Gasteiger partial charge in [0.1, 0.15) is 12.9 Å². The van der Waals surface area contributed by atoms with Crippen LogP contribution in [0.15, 0.2) is 36.2 Å². The minimum atomic E-state index is -2.19. The van der Waals surface area contributed by atoms with Crippen molar-refractivity contribution in [2.45, 2.75) is 6.42 Å². The fourth-order valence-corrected chi connectivity index (χ4v) is 3.89. The molecular weight excluding hydrogens is 195 g/mol. The Morgan fingerprint density at radius 1 is 1.29 bits per heavy atom. The van der Waals surface area contributed by atoms with Crippen LogP contribution in [0.5, 0.6) is 5.75 Å². The van der Waals surface area contributed by atoms with Gasteiger partial charge in [-0.25, -0.2) is 0 Å². The van der Waals surface area contributed by atoms with E-state index >= 15 is 0 Å². The molecule has 0 N–H and O–H groups in total. The Morgan fingerprint density at radius 3 is 2.50 bits per heavy atom. The summed E-state index contributed by atoms with van der Waals surface area (Å²) in [6.07, 6.45) is 3.72. The van der Waals surface area contributed by atoms with Gasteiger partial charge >= 0.3 is 0 Å². The number of benzene rings is 1. The minimum absolute atomic E-state index is 0.777. The molecule has 0 bridgehead atoms. The van der Waals surface area contributed by atoms with Crippen molar-refractivity contribution in [1.29, 1.82) is 0 Å². The maximum absolute atomic E-state index is 12.3. The van der Waals surface area contributed by atoms with Crippen LogP contribution in [-0.2, 0) is 4.57 Å². The zero-order chi connectivity index (χ0) is 10.0. The predicted molar refractivity (Wildman–Crippen MR) is 58.9 cm³/mol. The van der Waals surface area contributed by atoms with Crippen molar-refractivity contribution in [1.82, 2.24) is 0 Å². The molecule has 0 amide bonds. The lowest BCUT2D eigenvalue weighted by Gasteiger charge is -2.09. The van der Waals surface area contributed by atoms with E-state index in [-0.39, 0.29) is 0 Å². The highest BCUT2D eigenvalue weighted by Gasteiger charge is 2.23. The maximum atomic E-state index is 12.3. The summed E-state index contributed by atoms with van der Waals surface area (Å²) in [4.78, 5) is 0. The molecule has 1 heterocycles. The predicted octanol–water partition coefficient (Wildman–Crippen LogP) is 2.60. The van der Waals surface area contributed by atoms with Gasteiger partial charge in [-0.3, -0.25) is 0 Å². The second-order valence-electron chi connectivity index (χ2n) is 3.39. The van der Waals surface area contributed by atoms with Gasteiger partial charge in [0.15, 0.2) is 0 Å². The van der Waals surface area contributed by atoms with Gasteiger partial charge in [0.2, 0.25) is 0 Å². The topological polar surface area (TPSA) is 26.3 Å². The molecule has 1 atom stereocenters. The van der Waals surface area contributed by atoms with Crippen molar-refractivity contribution in [3.63, 3.8) is 0 Å². The van der Waals surface area contributed by atoms with Crippen LogP contribution in [0, 0.1) is 0 Å². The third-order valence-electron chi connectivity index (χ3n) is 2.48. The first-order valence-electron chi connectivity index (χ1n) is 4.66. The van der Waals surface area contributed by atoms with Crippen molar-refractivity contribution in [2.75, 3.05) is 13.3 Å². The summed E-state index contributed by atoms with van der Waals surface area (Å²) in [5.74, 6) is 2.68. The largest absolute Gasteiger partial charge is 0.497 e. The highest BCUT2D eigenvalue weighted by atomic mass is 31.2. The summed E-state index contributed by atoms with van der Waals surface area (Å²) in [5, 5.41) is 0.937. The van der Waals surface area contributed by atoms with Crippen molar-refractivity contribution < 1.29 is 9.30 Å². The Bertz CT molecular complexity index is 392. The van der Waals surface area contributed by atoms with Gasteiger partial charge in [-0.15, -0.1) is 0 Å². The molecule has 1 unspecified atom stereocenters. The monoisotopic (exact) mass is 208 g/mol. The highest BCUT2D eigenvalue weighted by Crippen LogP contribution is 2.50. The Balaban J connectivity index is 2.33. The maximum Gasteiger partial charge on any atom is 0.136 e. The molecule has 2 nitrogen and oxygen atoms in total. The summed E-state index contributed by atoms with van der Waals surface area (Å²) in [6, 6.07) is 7.52. The molecule has 1 aliphatic rings. The lowest BCUT2D eigenvalue weighted by molar-refractivity contribution is 0.415. The third-order valence-corrected chi connectivity index (χ3v) is 5.27. The van der Waals surface area contributed by atoms with Crippen LogP contribution in [0.1, 0.15) is 6.42 Å². The van der Waals surface area contributed by atoms with Gasteiger partial charge in [-0.2, -0.15) is 0 Å². The van der Waals surface area contributed by atoms with E-state index in [9.17, 15) is 4.57 Å². The van der Waals surface area contributed by atoms with E-state index in [1.165, 1.54) is 0 Å². The van der Waals surface area contributed by atoms with Crippen LogP contribution in [-0.4, -0.2) is 13.3 Å². The first kappa shape index (κ1) is 9.54. The molecule has 1 aliphatic heterocycles. The molecule has 0 saturated heterocycles. The number of ether oxygens (including phenoxy) is 1. The molecule has 14 heavy (non-hydrogen) atoms. The minimum Gasteiger partial charge on any atom is -0.497 e. The molecule has 0 fully saturated rings. The molecular formula is C11H13O2P. The molecule has 0 radical (unpaired) electrons. The zero-order valence-electron chi connectivity index (χ0n) is 8.14. The van der Waals surface area contributed by atoms with E-state index < -0.39 is 7.14 Å². The van der Waals surface area contributed by atoms with Gasteiger partial charge in [-0.1, -0.05) is 6.08 Å². The van der Waals surface area contributed by atoms with Crippen LogP contribution in [0.25, 0.3) is 0 Å². The molecule has 74 valence electrons. The standard InChI is InChI=1S/C11H13O2P/c1-13-10-4-6-11(7-5-10)14(12)8-2-3-9-14/h2,4-8H,3,9H2,1H3. The summed E-state index contributed by atoms with van der Waals surface area (Å²) in [6.45, 7) is 0. The van der Waals surface area contributed by atoms with Crippen molar-refractivity contribution in [2.24, 2.45) is 0 Å². The van der Waals surface area contributed by atoms with Crippen molar-refractivity contribution in [3.05, 3.63) is 36.2 Å². The number of methoxy groups -OCH3 is 1. The average Bonchev–Trinajstić information content (AvgIpc) is 2.67. The SMILES string of the molecule is COc1ccc(P2(=O)C=CCC2)cc1. The Kier molecular flexibility index (Phi) is 2.47. The normalized spacial score (nSPS) is 25.2. The number of hydrogen-bond acceptors (Lipinski definition) is 2. The fraction of sp³-hybridized carbons (Fsp3) is 0.273. The van der Waals surface area contributed by atoms with E-state index in [1.807, 2.05) is 36.2 Å². The summed E-state index contributed by atoms with van der Waals surface area (Å²) in [7, 11) is -0.557. The van der Waals surface area contributed by atoms with Gasteiger partial charge in [0.05, 0.1) is 7.11 Å². The van der Waals surface area contributed by atoms with Crippen molar-refractivity contribution in [3.8, 4) is 5.75 Å². The van der Waals surface area contributed by atoms with Crippen molar-refractivity contribution >= 4 is 12.4 Å². The van der Waals surface area contributed by atoms with Crippen LogP contribution in [0.2, 0.25) is 0 Å². The summed E-state index contributed by atoms with van der Waals surface area (Å²) < 4.78 is 17.3. The summed E-state index contributed by atoms with van der Waals surface area (Å²) in [5.41, 5.74) is 0. The number of hydrogen-bond donors (Lipinski definition) is 0. The van der Waals surface area contributed by atoms with E-state index in [4.69, 9.17) is 4.74 Å². The smallest absolute Gasteiger partial charge is 0.136 e. The molecule has 0 aliphatic carbocycles. The first-order valence-corrected chi connectivity index (χ1v) is 6.62. The highest BCUT2D eigenvalue weighted by molar-refractivity contribution is 7.74. The van der Waals surface area contributed by atoms with E-state index in [2.05, 4.69) is 0 Å². The molecule has 1 aromatic carbocycles. The first-order chi connectivity index (χ1) is 6.74. The Morgan fingerprint density at radius 2 is 2.00 bits per heavy atom. The van der Waals surface area contributed by atoms with Crippen LogP contribution < -0.4 is 10.0 Å². The van der Waals surface area contributed by atoms with Gasteiger partial charge in [-0.05, 0) is 36.5 Å². The Labute approximate surface area is 84.0 Å². The molecule has 3 heteroatoms. The van der Waals surface area contributed by atoms with E-state index in [0.717, 1.165) is 23.6 Å². The van der Waals surface area contributed by atoms with E-state index in [0.29, 0.717) is 0 Å². The molecule has 2 rings (SSSR count). The van der Waals surface area contributed by atoms with Crippen LogP contribution >= 0.6 is 7.14 Å². The number of rotatable bonds is 2. The lowest BCUT2D eigenvalue weighted by atomic mass is 10.3. The zero-order valence-corrected chi connectivity index (χ0v) is 9.04. The quantitative estimate of drug-likeness (QED) is 0.698. The van der Waals surface area contributed by atoms with E-state index in [1.54, 1.807) is 7.11 Å². The Hall–Kier alpha value is -1.01. The second kappa shape index (κ2) is 3.62. The fourth-order valence-electron chi connectivity index (χ4n) is 1.64. The van der Waals surface area contributed by atoms with Gasteiger partial charge < -0.3 is 9.30 Å². The summed E-state index contributed by atoms with van der Waals surface area (Å²) >= 11 is 0. The lowest BCUT2D eigenvalue weighted by Crippen LogP contribution is -2.03. The second-order valence-corrected chi connectivity index (χ2v) is 6.24. The molecule has 0 saturated carbocycles. The molecule has 0 aromatic heterocycles. The van der Waals surface area contributed by atoms with Crippen LogP contribution in [0.4, 0.5) is 0 Å².